The van der Waals surface area contributed by atoms with E-state index >= 15 is 0 Å². The number of carbonyl (C=O) groups is 1. The van der Waals surface area contributed by atoms with Crippen LogP contribution in [0.4, 0.5) is 9.18 Å². The summed E-state index contributed by atoms with van der Waals surface area (Å²) >= 11 is 1.64. The SMILES string of the molecule is CSCc1cc(F)ccc1CNC(=O)NC[C@@H]1CCCN(C)C1. The maximum atomic E-state index is 13.3. The number of piperidine rings is 1. The number of amides is 2. The van der Waals surface area contributed by atoms with E-state index < -0.39 is 0 Å². The quantitative estimate of drug-likeness (QED) is 0.838. The first-order valence-electron chi connectivity index (χ1n) is 8.05. The van der Waals surface area contributed by atoms with Gasteiger partial charge < -0.3 is 15.5 Å². The third-order valence-corrected chi connectivity index (χ3v) is 4.78. The van der Waals surface area contributed by atoms with Crippen LogP contribution in [0.15, 0.2) is 18.2 Å². The molecule has 2 rings (SSSR count). The van der Waals surface area contributed by atoms with Crippen LogP contribution >= 0.6 is 11.8 Å². The van der Waals surface area contributed by atoms with Crippen molar-refractivity contribution in [2.24, 2.45) is 5.92 Å². The smallest absolute Gasteiger partial charge is 0.315 e. The zero-order chi connectivity index (χ0) is 16.7. The van der Waals surface area contributed by atoms with Gasteiger partial charge in [-0.25, -0.2) is 9.18 Å². The van der Waals surface area contributed by atoms with E-state index in [1.54, 1.807) is 23.9 Å². The number of hydrogen-bond acceptors (Lipinski definition) is 3. The molecule has 6 heteroatoms. The molecule has 2 N–H and O–H groups in total. The van der Waals surface area contributed by atoms with Gasteiger partial charge in [-0.1, -0.05) is 6.07 Å². The number of rotatable bonds is 6. The van der Waals surface area contributed by atoms with Crippen LogP contribution in [0.5, 0.6) is 0 Å². The van der Waals surface area contributed by atoms with E-state index in [-0.39, 0.29) is 11.8 Å². The molecule has 1 aliphatic heterocycles. The highest BCUT2D eigenvalue weighted by molar-refractivity contribution is 7.97. The van der Waals surface area contributed by atoms with Gasteiger partial charge in [-0.05, 0) is 61.9 Å². The van der Waals surface area contributed by atoms with E-state index in [4.69, 9.17) is 0 Å². The van der Waals surface area contributed by atoms with Crippen molar-refractivity contribution in [3.8, 4) is 0 Å². The molecule has 0 radical (unpaired) electrons. The van der Waals surface area contributed by atoms with E-state index in [9.17, 15) is 9.18 Å². The standard InChI is InChI=1S/C17H26FN3OS/c1-21-7-3-4-13(11-21)9-19-17(22)20-10-14-5-6-16(18)8-15(14)12-23-2/h5-6,8,13H,3-4,7,9-12H2,1-2H3,(H2,19,20,22)/t13-/m0/s1. The summed E-state index contributed by atoms with van der Waals surface area (Å²) in [5.74, 6) is 1.03. The second kappa shape index (κ2) is 9.13. The third kappa shape index (κ3) is 6.03. The highest BCUT2D eigenvalue weighted by Crippen LogP contribution is 2.17. The molecule has 0 bridgehead atoms. The van der Waals surface area contributed by atoms with Crippen LogP contribution in [0.1, 0.15) is 24.0 Å². The molecule has 1 fully saturated rings. The number of carbonyl (C=O) groups excluding carboxylic acids is 1. The van der Waals surface area contributed by atoms with Crippen LogP contribution in [-0.4, -0.2) is 43.9 Å². The Labute approximate surface area is 142 Å². The van der Waals surface area contributed by atoms with E-state index in [1.165, 1.54) is 18.9 Å². The number of benzene rings is 1. The molecule has 1 aromatic carbocycles. The Morgan fingerprint density at radius 3 is 2.96 bits per heavy atom. The Kier molecular flexibility index (Phi) is 7.17. The summed E-state index contributed by atoms with van der Waals surface area (Å²) in [6, 6.07) is 4.58. The summed E-state index contributed by atoms with van der Waals surface area (Å²) in [6.45, 7) is 3.31. The average molecular weight is 339 g/mol. The minimum absolute atomic E-state index is 0.155. The fourth-order valence-electron chi connectivity index (χ4n) is 2.97. The lowest BCUT2D eigenvalue weighted by Crippen LogP contribution is -2.42. The summed E-state index contributed by atoms with van der Waals surface area (Å²) in [7, 11) is 2.12. The Morgan fingerprint density at radius 1 is 1.39 bits per heavy atom. The highest BCUT2D eigenvalue weighted by atomic mass is 32.2. The summed E-state index contributed by atoms with van der Waals surface area (Å²) in [5, 5.41) is 5.82. The lowest BCUT2D eigenvalue weighted by Gasteiger charge is -2.29. The molecule has 0 unspecified atom stereocenters. The fraction of sp³-hybridized carbons (Fsp3) is 0.588. The molecule has 0 saturated carbocycles. The molecule has 128 valence electrons. The van der Waals surface area contributed by atoms with Crippen LogP contribution in [0.3, 0.4) is 0 Å². The van der Waals surface area contributed by atoms with Gasteiger partial charge in [0.1, 0.15) is 5.82 Å². The van der Waals surface area contributed by atoms with Crippen molar-refractivity contribution in [3.63, 3.8) is 0 Å². The number of nitrogens with one attached hydrogen (secondary N) is 2. The first kappa shape index (κ1) is 18.1. The van der Waals surface area contributed by atoms with E-state index in [1.807, 2.05) is 6.26 Å². The van der Waals surface area contributed by atoms with Crippen LogP contribution in [0.2, 0.25) is 0 Å². The van der Waals surface area contributed by atoms with E-state index in [0.717, 1.165) is 30.0 Å². The van der Waals surface area contributed by atoms with Gasteiger partial charge in [0.15, 0.2) is 0 Å². The Balaban J connectivity index is 1.78. The predicted molar refractivity (Wildman–Crippen MR) is 94.1 cm³/mol. The average Bonchev–Trinajstić information content (AvgIpc) is 2.52. The van der Waals surface area contributed by atoms with Crippen molar-refractivity contribution < 1.29 is 9.18 Å². The summed E-state index contributed by atoms with van der Waals surface area (Å²) in [4.78, 5) is 14.3. The molecule has 2 amide bonds. The van der Waals surface area contributed by atoms with Gasteiger partial charge in [0.05, 0.1) is 0 Å². The molecule has 0 spiro atoms. The zero-order valence-corrected chi connectivity index (χ0v) is 14.7. The topological polar surface area (TPSA) is 44.4 Å². The first-order valence-corrected chi connectivity index (χ1v) is 9.44. The lowest BCUT2D eigenvalue weighted by atomic mass is 9.99. The maximum Gasteiger partial charge on any atom is 0.315 e. The second-order valence-corrected chi connectivity index (χ2v) is 7.05. The molecular formula is C17H26FN3OS. The number of hydrogen-bond donors (Lipinski definition) is 2. The summed E-state index contributed by atoms with van der Waals surface area (Å²) in [6.07, 6.45) is 4.34. The van der Waals surface area contributed by atoms with Crippen LogP contribution < -0.4 is 10.6 Å². The molecule has 1 atom stereocenters. The van der Waals surface area contributed by atoms with Crippen LogP contribution in [0.25, 0.3) is 0 Å². The minimum atomic E-state index is -0.233. The fourth-order valence-corrected chi connectivity index (χ4v) is 3.55. The van der Waals surface area contributed by atoms with Crippen molar-refractivity contribution >= 4 is 17.8 Å². The molecule has 4 nitrogen and oxygen atoms in total. The lowest BCUT2D eigenvalue weighted by molar-refractivity contribution is 0.202. The number of halogens is 1. The first-order chi connectivity index (χ1) is 11.1. The highest BCUT2D eigenvalue weighted by Gasteiger charge is 2.17. The molecule has 1 aliphatic rings. The number of urea groups is 1. The van der Waals surface area contributed by atoms with Crippen LogP contribution in [0, 0.1) is 11.7 Å². The molecule has 1 aromatic rings. The van der Waals surface area contributed by atoms with Crippen molar-refractivity contribution in [1.82, 2.24) is 15.5 Å². The van der Waals surface area contributed by atoms with Gasteiger partial charge in [0.25, 0.3) is 0 Å². The van der Waals surface area contributed by atoms with Gasteiger partial charge >= 0.3 is 6.03 Å². The van der Waals surface area contributed by atoms with E-state index in [0.29, 0.717) is 19.0 Å². The van der Waals surface area contributed by atoms with Crippen LogP contribution in [-0.2, 0) is 12.3 Å². The van der Waals surface area contributed by atoms with Crippen molar-refractivity contribution in [2.45, 2.75) is 25.1 Å². The van der Waals surface area contributed by atoms with Gasteiger partial charge in [0, 0.05) is 25.4 Å². The summed E-state index contributed by atoms with van der Waals surface area (Å²) < 4.78 is 13.3. The van der Waals surface area contributed by atoms with Crippen molar-refractivity contribution in [1.29, 1.82) is 0 Å². The van der Waals surface area contributed by atoms with Gasteiger partial charge in [-0.15, -0.1) is 0 Å². The Hall–Kier alpha value is -1.27. The van der Waals surface area contributed by atoms with Gasteiger partial charge in [0.2, 0.25) is 0 Å². The molecule has 0 aliphatic carbocycles. The monoisotopic (exact) mass is 339 g/mol. The largest absolute Gasteiger partial charge is 0.338 e. The molecule has 23 heavy (non-hydrogen) atoms. The molecule has 1 heterocycles. The molecular weight excluding hydrogens is 313 g/mol. The third-order valence-electron chi connectivity index (χ3n) is 4.18. The second-order valence-electron chi connectivity index (χ2n) is 6.18. The normalized spacial score (nSPS) is 18.7. The number of nitrogens with zero attached hydrogens (tertiary/aromatic N) is 1. The number of thioether (sulfide) groups is 1. The van der Waals surface area contributed by atoms with Crippen molar-refractivity contribution in [2.75, 3.05) is 32.9 Å². The van der Waals surface area contributed by atoms with Crippen molar-refractivity contribution in [3.05, 3.63) is 35.1 Å². The predicted octanol–water partition coefficient (Wildman–Crippen LogP) is 2.83. The Morgan fingerprint density at radius 2 is 2.22 bits per heavy atom. The van der Waals surface area contributed by atoms with E-state index in [2.05, 4.69) is 22.6 Å². The van der Waals surface area contributed by atoms with Gasteiger partial charge in [-0.3, -0.25) is 0 Å². The molecule has 1 saturated heterocycles. The zero-order valence-electron chi connectivity index (χ0n) is 13.9. The number of likely N-dealkylation sites (tertiary alicyclic amines) is 1. The Bertz CT molecular complexity index is 527. The van der Waals surface area contributed by atoms with Gasteiger partial charge in [-0.2, -0.15) is 11.8 Å². The minimum Gasteiger partial charge on any atom is -0.338 e. The molecule has 0 aromatic heterocycles. The summed E-state index contributed by atoms with van der Waals surface area (Å²) in [5.41, 5.74) is 1.90. The maximum absolute atomic E-state index is 13.3.